The lowest BCUT2D eigenvalue weighted by Crippen LogP contribution is -2.09. The third-order valence-electron chi connectivity index (χ3n) is 3.79. The molecule has 0 saturated heterocycles. The van der Waals surface area contributed by atoms with Crippen molar-refractivity contribution in [2.24, 2.45) is 0 Å². The number of carbonyl (C=O) groups is 1. The van der Waals surface area contributed by atoms with Crippen molar-refractivity contribution in [3.63, 3.8) is 0 Å². The minimum absolute atomic E-state index is 0.0190. The van der Waals surface area contributed by atoms with Gasteiger partial charge in [0.2, 0.25) is 0 Å². The molecule has 25 heavy (non-hydrogen) atoms. The van der Waals surface area contributed by atoms with Crippen molar-refractivity contribution in [2.45, 2.75) is 10.6 Å². The zero-order valence-corrected chi connectivity index (χ0v) is 14.3. The summed E-state index contributed by atoms with van der Waals surface area (Å²) in [4.78, 5) is 12.5. The predicted molar refractivity (Wildman–Crippen MR) is 94.2 cm³/mol. The molecule has 0 aliphatic rings. The van der Waals surface area contributed by atoms with Gasteiger partial charge in [-0.25, -0.2) is 4.79 Å². The highest BCUT2D eigenvalue weighted by Crippen LogP contribution is 2.36. The number of hydrogen-bond donors (Lipinski definition) is 1. The van der Waals surface area contributed by atoms with Crippen molar-refractivity contribution < 1.29 is 23.3 Å². The zero-order valence-electron chi connectivity index (χ0n) is 13.5. The lowest BCUT2D eigenvalue weighted by molar-refractivity contribution is 0.0692. The van der Waals surface area contributed by atoms with E-state index in [1.54, 1.807) is 42.5 Å². The molecule has 3 rings (SSSR count). The van der Waals surface area contributed by atoms with Crippen LogP contribution in [0.3, 0.4) is 0 Å². The van der Waals surface area contributed by atoms with Gasteiger partial charge in [0, 0.05) is 16.0 Å². The summed E-state index contributed by atoms with van der Waals surface area (Å²) in [5, 5.41) is 9.68. The van der Waals surface area contributed by atoms with E-state index in [-0.39, 0.29) is 17.1 Å². The van der Waals surface area contributed by atoms with E-state index in [1.807, 2.05) is 6.07 Å². The zero-order chi connectivity index (χ0) is 17.8. The highest BCUT2D eigenvalue weighted by Gasteiger charge is 2.22. The summed E-state index contributed by atoms with van der Waals surface area (Å²) in [6, 6.07) is 14.1. The minimum Gasteiger partial charge on any atom is -0.495 e. The second-order valence-electron chi connectivity index (χ2n) is 5.30. The molecule has 0 spiro atoms. The van der Waals surface area contributed by atoms with Gasteiger partial charge in [-0.05, 0) is 23.8 Å². The van der Waals surface area contributed by atoms with E-state index in [9.17, 15) is 14.1 Å². The summed E-state index contributed by atoms with van der Waals surface area (Å²) in [5.74, 6) is -0.799. The Bertz CT molecular complexity index is 901. The average molecular weight is 356 g/mol. The number of carboxylic acids is 1. The Balaban J connectivity index is 2.05. The van der Waals surface area contributed by atoms with E-state index in [2.05, 4.69) is 0 Å². The molecule has 1 aromatic heterocycles. The topological polar surface area (TPSA) is 76.7 Å². The molecule has 1 heterocycles. The standard InChI is InChI=1S/C19H16O5S/c1-23-18-16(13-9-10-24-11-13)8-7-14(17(18)19(20)21)12-25(22)15-5-3-2-4-6-15/h2-11H,12H2,1H3,(H,20,21). The van der Waals surface area contributed by atoms with E-state index in [0.29, 0.717) is 16.0 Å². The van der Waals surface area contributed by atoms with Gasteiger partial charge < -0.3 is 14.3 Å². The van der Waals surface area contributed by atoms with Crippen LogP contribution in [0, 0.1) is 0 Å². The van der Waals surface area contributed by atoms with Crippen LogP contribution in [0.5, 0.6) is 5.75 Å². The van der Waals surface area contributed by atoms with Crippen molar-refractivity contribution in [3.8, 4) is 16.9 Å². The van der Waals surface area contributed by atoms with Crippen molar-refractivity contribution in [3.05, 3.63) is 72.2 Å². The summed E-state index contributed by atoms with van der Waals surface area (Å²) in [6.45, 7) is 0. The lowest BCUT2D eigenvalue weighted by Gasteiger charge is -2.14. The van der Waals surface area contributed by atoms with Gasteiger partial charge in [-0.1, -0.05) is 30.3 Å². The van der Waals surface area contributed by atoms with Crippen LogP contribution < -0.4 is 4.74 Å². The second-order valence-corrected chi connectivity index (χ2v) is 6.75. The van der Waals surface area contributed by atoms with Crippen molar-refractivity contribution in [1.82, 2.24) is 0 Å². The Morgan fingerprint density at radius 2 is 1.92 bits per heavy atom. The molecule has 1 unspecified atom stereocenters. The third-order valence-corrected chi connectivity index (χ3v) is 5.16. The molecule has 128 valence electrons. The number of aromatic carboxylic acids is 1. The van der Waals surface area contributed by atoms with Gasteiger partial charge in [0.1, 0.15) is 11.3 Å². The van der Waals surface area contributed by atoms with Crippen LogP contribution in [0.4, 0.5) is 0 Å². The Morgan fingerprint density at radius 3 is 2.52 bits per heavy atom. The maximum Gasteiger partial charge on any atom is 0.339 e. The Labute approximate surface area is 147 Å². The SMILES string of the molecule is COc1c(-c2ccoc2)ccc(CS(=O)c2ccccc2)c1C(=O)O. The van der Waals surface area contributed by atoms with Crippen molar-refractivity contribution in [2.75, 3.05) is 7.11 Å². The van der Waals surface area contributed by atoms with Gasteiger partial charge in [0.15, 0.2) is 0 Å². The lowest BCUT2D eigenvalue weighted by atomic mass is 9.99. The van der Waals surface area contributed by atoms with Crippen LogP contribution >= 0.6 is 0 Å². The molecular weight excluding hydrogens is 340 g/mol. The number of methoxy groups -OCH3 is 1. The third kappa shape index (κ3) is 3.49. The van der Waals surface area contributed by atoms with Gasteiger partial charge in [0.25, 0.3) is 0 Å². The molecule has 1 atom stereocenters. The molecular formula is C19H16O5S. The molecule has 3 aromatic rings. The molecule has 0 amide bonds. The van der Waals surface area contributed by atoms with Gasteiger partial charge in [0.05, 0.1) is 36.2 Å². The van der Waals surface area contributed by atoms with E-state index in [4.69, 9.17) is 9.15 Å². The first-order chi connectivity index (χ1) is 12.1. The molecule has 0 aliphatic carbocycles. The average Bonchev–Trinajstić information content (AvgIpc) is 3.16. The van der Waals surface area contributed by atoms with Crippen LogP contribution in [0.1, 0.15) is 15.9 Å². The molecule has 2 aromatic carbocycles. The molecule has 0 radical (unpaired) electrons. The van der Waals surface area contributed by atoms with Crippen LogP contribution in [0.2, 0.25) is 0 Å². The fourth-order valence-electron chi connectivity index (χ4n) is 2.63. The first-order valence-electron chi connectivity index (χ1n) is 7.51. The van der Waals surface area contributed by atoms with E-state index in [1.165, 1.54) is 19.6 Å². The Kier molecular flexibility index (Phi) is 5.00. The molecule has 0 fully saturated rings. The summed E-state index contributed by atoms with van der Waals surface area (Å²) < 4.78 is 23.0. The molecule has 0 saturated carbocycles. The highest BCUT2D eigenvalue weighted by atomic mass is 32.2. The number of benzene rings is 2. The number of rotatable bonds is 6. The van der Waals surface area contributed by atoms with Gasteiger partial charge in [-0.3, -0.25) is 4.21 Å². The number of furan rings is 1. The summed E-state index contributed by atoms with van der Waals surface area (Å²) in [6.07, 6.45) is 3.03. The van der Waals surface area contributed by atoms with Crippen molar-refractivity contribution >= 4 is 16.8 Å². The molecule has 5 nitrogen and oxygen atoms in total. The van der Waals surface area contributed by atoms with Crippen LogP contribution in [-0.4, -0.2) is 22.4 Å². The maximum atomic E-state index is 12.6. The van der Waals surface area contributed by atoms with Crippen LogP contribution in [0.15, 0.2) is 70.4 Å². The quantitative estimate of drug-likeness (QED) is 0.723. The van der Waals surface area contributed by atoms with E-state index in [0.717, 1.165) is 5.56 Å². The summed E-state index contributed by atoms with van der Waals surface area (Å²) in [7, 11) is 0.0677. The normalized spacial score (nSPS) is 11.9. The smallest absolute Gasteiger partial charge is 0.339 e. The molecule has 0 aliphatic heterocycles. The Hall–Kier alpha value is -2.86. The number of ether oxygens (including phenoxy) is 1. The summed E-state index contributed by atoms with van der Waals surface area (Å²) >= 11 is 0. The Morgan fingerprint density at radius 1 is 1.16 bits per heavy atom. The van der Waals surface area contributed by atoms with E-state index < -0.39 is 16.8 Å². The minimum atomic E-state index is -1.35. The largest absolute Gasteiger partial charge is 0.495 e. The fourth-order valence-corrected chi connectivity index (χ4v) is 3.78. The molecule has 6 heteroatoms. The first kappa shape index (κ1) is 17.0. The van der Waals surface area contributed by atoms with Gasteiger partial charge in [-0.15, -0.1) is 0 Å². The summed E-state index contributed by atoms with van der Waals surface area (Å²) in [5.41, 5.74) is 1.81. The number of carboxylic acid groups (broad SMARTS) is 1. The van der Waals surface area contributed by atoms with Gasteiger partial charge in [-0.2, -0.15) is 0 Å². The van der Waals surface area contributed by atoms with Crippen molar-refractivity contribution in [1.29, 1.82) is 0 Å². The first-order valence-corrected chi connectivity index (χ1v) is 8.83. The monoisotopic (exact) mass is 356 g/mol. The van der Waals surface area contributed by atoms with Crippen LogP contribution in [0.25, 0.3) is 11.1 Å². The molecule has 1 N–H and O–H groups in total. The highest BCUT2D eigenvalue weighted by molar-refractivity contribution is 7.84. The second kappa shape index (κ2) is 7.36. The predicted octanol–water partition coefficient (Wildman–Crippen LogP) is 3.96. The maximum absolute atomic E-state index is 12.6. The fraction of sp³-hybridized carbons (Fsp3) is 0.105. The van der Waals surface area contributed by atoms with Gasteiger partial charge >= 0.3 is 5.97 Å². The van der Waals surface area contributed by atoms with Crippen LogP contribution in [-0.2, 0) is 16.6 Å². The van der Waals surface area contributed by atoms with E-state index >= 15 is 0 Å². The molecule has 0 bridgehead atoms. The number of hydrogen-bond acceptors (Lipinski definition) is 4.